The first-order valence-electron chi connectivity index (χ1n) is 7.41. The molecule has 0 aromatic heterocycles. The van der Waals surface area contributed by atoms with Gasteiger partial charge in [0.1, 0.15) is 11.7 Å². The molecule has 5 heteroatoms. The van der Waals surface area contributed by atoms with Crippen LogP contribution in [0, 0.1) is 11.3 Å². The summed E-state index contributed by atoms with van der Waals surface area (Å²) in [5, 5.41) is 9.25. The van der Waals surface area contributed by atoms with Gasteiger partial charge in [0.25, 0.3) is 0 Å². The molecule has 2 aromatic rings. The average Bonchev–Trinajstić information content (AvgIpc) is 3.19. The predicted molar refractivity (Wildman–Crippen MR) is 89.6 cm³/mol. The van der Waals surface area contributed by atoms with Crippen LogP contribution in [-0.2, 0) is 4.74 Å². The molecule has 1 fully saturated rings. The van der Waals surface area contributed by atoms with Crippen molar-refractivity contribution in [2.75, 3.05) is 5.75 Å². The van der Waals surface area contributed by atoms with Crippen molar-refractivity contribution >= 4 is 23.3 Å². The lowest BCUT2D eigenvalue weighted by Crippen LogP contribution is -2.05. The fourth-order valence-corrected chi connectivity index (χ4v) is 3.93. The molecule has 1 unspecified atom stereocenters. The minimum Gasteiger partial charge on any atom is -0.478 e. The second kappa shape index (κ2) is 5.66. The van der Waals surface area contributed by atoms with Crippen LogP contribution in [0.1, 0.15) is 37.9 Å². The number of hydrogen-bond acceptors (Lipinski definition) is 5. The second-order valence-electron chi connectivity index (χ2n) is 5.52. The topological polar surface area (TPSA) is 67.2 Å². The lowest BCUT2D eigenvalue weighted by Gasteiger charge is -2.10. The summed E-state index contributed by atoms with van der Waals surface area (Å²) in [6.45, 7) is 0. The summed E-state index contributed by atoms with van der Waals surface area (Å²) in [7, 11) is 0. The standard InChI is InChI=1S/C19H11NO3S/c20-9-11-5-7-12(8-6-11)15-10-24-19(23-15)16-17(21)13-3-1-2-4-14(13)18(16)22/h1-8,15H,10H2. The lowest BCUT2D eigenvalue weighted by atomic mass is 10.1. The minimum atomic E-state index is -0.265. The van der Waals surface area contributed by atoms with Crippen molar-refractivity contribution in [3.8, 4) is 6.07 Å². The fraction of sp³-hybridized carbons (Fsp3) is 0.105. The van der Waals surface area contributed by atoms with Crippen LogP contribution >= 0.6 is 11.8 Å². The summed E-state index contributed by atoms with van der Waals surface area (Å²) in [5.74, 6) is 0.0962. The Bertz CT molecular complexity index is 901. The van der Waals surface area contributed by atoms with Gasteiger partial charge >= 0.3 is 0 Å². The Morgan fingerprint density at radius 1 is 1.00 bits per heavy atom. The van der Waals surface area contributed by atoms with E-state index in [4.69, 9.17) is 10.00 Å². The van der Waals surface area contributed by atoms with Crippen LogP contribution < -0.4 is 0 Å². The molecule has 0 spiro atoms. The van der Waals surface area contributed by atoms with E-state index in [1.807, 2.05) is 12.1 Å². The number of Topliss-reactive ketones (excluding diaryl/α,β-unsaturated/α-hetero) is 2. The van der Waals surface area contributed by atoms with E-state index in [-0.39, 0.29) is 23.2 Å². The largest absolute Gasteiger partial charge is 0.478 e. The lowest BCUT2D eigenvalue weighted by molar-refractivity contribution is 0.0970. The molecule has 0 radical (unpaired) electrons. The normalized spacial score (nSPS) is 19.2. The van der Waals surface area contributed by atoms with Gasteiger partial charge in [-0.05, 0) is 17.7 Å². The number of ether oxygens (including phenoxy) is 1. The number of carbonyl (C=O) groups is 2. The van der Waals surface area contributed by atoms with Gasteiger partial charge in [0, 0.05) is 16.9 Å². The number of nitrogens with zero attached hydrogens (tertiary/aromatic N) is 1. The van der Waals surface area contributed by atoms with E-state index in [1.165, 1.54) is 11.8 Å². The maximum Gasteiger partial charge on any atom is 0.202 e. The molecule has 2 aliphatic rings. The molecular weight excluding hydrogens is 322 g/mol. The number of carbonyl (C=O) groups excluding carboxylic acids is 2. The van der Waals surface area contributed by atoms with Crippen molar-refractivity contribution in [2.24, 2.45) is 0 Å². The van der Waals surface area contributed by atoms with Crippen molar-refractivity contribution in [1.29, 1.82) is 5.26 Å². The van der Waals surface area contributed by atoms with Gasteiger partial charge in [-0.3, -0.25) is 9.59 Å². The molecule has 0 amide bonds. The first kappa shape index (κ1) is 14.7. The maximum absolute atomic E-state index is 12.5. The molecule has 4 rings (SSSR count). The fourth-order valence-electron chi connectivity index (χ4n) is 2.85. The zero-order valence-electron chi connectivity index (χ0n) is 12.5. The number of hydrogen-bond donors (Lipinski definition) is 0. The van der Waals surface area contributed by atoms with Crippen molar-refractivity contribution in [3.63, 3.8) is 0 Å². The number of fused-ring (bicyclic) bond motifs is 1. The molecule has 1 saturated heterocycles. The maximum atomic E-state index is 12.5. The quantitative estimate of drug-likeness (QED) is 0.588. The van der Waals surface area contributed by atoms with E-state index in [2.05, 4.69) is 6.07 Å². The molecular formula is C19H11NO3S. The SMILES string of the molecule is N#Cc1ccc(C2CSC(=C3C(=O)c4ccccc4C3=O)O2)cc1. The minimum absolute atomic E-state index is 0.136. The van der Waals surface area contributed by atoms with Gasteiger partial charge in [0.2, 0.25) is 11.6 Å². The number of benzene rings is 2. The highest BCUT2D eigenvalue weighted by molar-refractivity contribution is 8.03. The summed E-state index contributed by atoms with van der Waals surface area (Å²) in [4.78, 5) is 25.0. The van der Waals surface area contributed by atoms with Crippen molar-refractivity contribution < 1.29 is 14.3 Å². The van der Waals surface area contributed by atoms with E-state index in [0.717, 1.165) is 5.56 Å². The number of nitriles is 1. The Labute approximate surface area is 142 Å². The molecule has 2 aromatic carbocycles. The highest BCUT2D eigenvalue weighted by Crippen LogP contribution is 2.42. The Morgan fingerprint density at radius 3 is 2.21 bits per heavy atom. The van der Waals surface area contributed by atoms with Crippen LogP contribution in [-0.4, -0.2) is 17.3 Å². The number of allylic oxidation sites excluding steroid dienone is 1. The molecule has 24 heavy (non-hydrogen) atoms. The second-order valence-corrected chi connectivity index (χ2v) is 6.51. The van der Waals surface area contributed by atoms with Crippen molar-refractivity contribution in [2.45, 2.75) is 6.10 Å². The summed E-state index contributed by atoms with van der Waals surface area (Å²) < 4.78 is 5.89. The Hall–Kier alpha value is -2.84. The summed E-state index contributed by atoms with van der Waals surface area (Å²) >= 11 is 1.38. The summed E-state index contributed by atoms with van der Waals surface area (Å²) in [6.07, 6.45) is -0.227. The molecule has 4 nitrogen and oxygen atoms in total. The molecule has 0 bridgehead atoms. The van der Waals surface area contributed by atoms with E-state index < -0.39 is 0 Å². The molecule has 1 aliphatic heterocycles. The first-order valence-corrected chi connectivity index (χ1v) is 8.40. The van der Waals surface area contributed by atoms with Gasteiger partial charge in [-0.1, -0.05) is 48.2 Å². The van der Waals surface area contributed by atoms with Gasteiger partial charge in [-0.25, -0.2) is 0 Å². The van der Waals surface area contributed by atoms with Crippen LogP contribution in [0.15, 0.2) is 59.2 Å². The Morgan fingerprint density at radius 2 is 1.62 bits per heavy atom. The van der Waals surface area contributed by atoms with Crippen molar-refractivity contribution in [1.82, 2.24) is 0 Å². The number of rotatable bonds is 1. The molecule has 116 valence electrons. The Balaban J connectivity index is 1.65. The van der Waals surface area contributed by atoms with E-state index in [0.29, 0.717) is 27.5 Å². The number of ketones is 2. The molecule has 0 N–H and O–H groups in total. The molecule has 0 saturated carbocycles. The Kier molecular flexibility index (Phi) is 3.47. The van der Waals surface area contributed by atoms with Gasteiger partial charge in [0.15, 0.2) is 5.09 Å². The van der Waals surface area contributed by atoms with Gasteiger partial charge in [-0.2, -0.15) is 5.26 Å². The smallest absolute Gasteiger partial charge is 0.202 e. The third kappa shape index (κ3) is 2.24. The molecule has 1 atom stereocenters. The first-order chi connectivity index (χ1) is 11.7. The average molecular weight is 333 g/mol. The van der Waals surface area contributed by atoms with Gasteiger partial charge in [-0.15, -0.1) is 0 Å². The monoisotopic (exact) mass is 333 g/mol. The van der Waals surface area contributed by atoms with Crippen LogP contribution in [0.5, 0.6) is 0 Å². The van der Waals surface area contributed by atoms with Crippen LogP contribution in [0.3, 0.4) is 0 Å². The van der Waals surface area contributed by atoms with Crippen LogP contribution in [0.25, 0.3) is 0 Å². The van der Waals surface area contributed by atoms with E-state index in [9.17, 15) is 9.59 Å². The molecule has 1 aliphatic carbocycles. The summed E-state index contributed by atoms with van der Waals surface area (Å²) in [5.41, 5.74) is 2.52. The third-order valence-electron chi connectivity index (χ3n) is 4.10. The van der Waals surface area contributed by atoms with Crippen LogP contribution in [0.2, 0.25) is 0 Å². The highest BCUT2D eigenvalue weighted by Gasteiger charge is 2.39. The van der Waals surface area contributed by atoms with Crippen molar-refractivity contribution in [3.05, 3.63) is 81.4 Å². The third-order valence-corrected chi connectivity index (χ3v) is 5.13. The molecule has 1 heterocycles. The van der Waals surface area contributed by atoms with Gasteiger partial charge < -0.3 is 4.74 Å². The summed E-state index contributed by atoms with van der Waals surface area (Å²) in [6, 6.07) is 16.1. The zero-order chi connectivity index (χ0) is 16.7. The zero-order valence-corrected chi connectivity index (χ0v) is 13.3. The van der Waals surface area contributed by atoms with E-state index >= 15 is 0 Å². The van der Waals surface area contributed by atoms with Gasteiger partial charge in [0.05, 0.1) is 11.6 Å². The number of thioether (sulfide) groups is 1. The van der Waals surface area contributed by atoms with Crippen LogP contribution in [0.4, 0.5) is 0 Å². The van der Waals surface area contributed by atoms with E-state index in [1.54, 1.807) is 36.4 Å². The predicted octanol–water partition coefficient (Wildman–Crippen LogP) is 3.65. The highest BCUT2D eigenvalue weighted by atomic mass is 32.2.